The second-order valence-corrected chi connectivity index (χ2v) is 8.37. The van der Waals surface area contributed by atoms with Crippen LogP contribution in [0.5, 0.6) is 11.5 Å². The van der Waals surface area contributed by atoms with Crippen molar-refractivity contribution in [3.8, 4) is 22.6 Å². The van der Waals surface area contributed by atoms with Crippen molar-refractivity contribution in [1.29, 1.82) is 0 Å². The van der Waals surface area contributed by atoms with E-state index >= 15 is 0 Å². The number of nitrogens with zero attached hydrogens (tertiary/aromatic N) is 4. The molecule has 0 radical (unpaired) electrons. The van der Waals surface area contributed by atoms with E-state index in [1.54, 1.807) is 29.1 Å². The highest BCUT2D eigenvalue weighted by atomic mass is 35.5. The minimum atomic E-state index is -0.525. The molecule has 0 bridgehead atoms. The smallest absolute Gasteiger partial charge is 0.219 e. The summed E-state index contributed by atoms with van der Waals surface area (Å²) < 4.78 is 20.6. The van der Waals surface area contributed by atoms with Crippen molar-refractivity contribution in [3.05, 3.63) is 93.5 Å². The number of anilines is 1. The number of carbonyl (C=O) groups is 1. The second kappa shape index (κ2) is 10.0. The lowest BCUT2D eigenvalue weighted by atomic mass is 10.0. The second-order valence-electron chi connectivity index (χ2n) is 8.00. The molecule has 2 N–H and O–H groups in total. The first-order chi connectivity index (χ1) is 16.7. The maximum atomic E-state index is 13.4. The van der Waals surface area contributed by atoms with Gasteiger partial charge in [0.15, 0.2) is 17.2 Å². The normalized spacial score (nSPS) is 11.0. The Bertz CT molecular complexity index is 1440. The molecule has 4 aromatic rings. The maximum absolute atomic E-state index is 13.4. The standard InChI is InChI=1S/C25H21ClFN5O3/c1-14(2)32-13-19(15-3-5-16(27)6-4-15)24(34)23(31-32)20(33)11-17-7-8-18(12-30-17)35-21-9-10-29-25(28)22(21)26/h3-10,12-14H,11H2,1-2H3,(H2,28,29). The Hall–Kier alpha value is -4.11. The average molecular weight is 494 g/mol. The number of benzene rings is 1. The van der Waals surface area contributed by atoms with Crippen LogP contribution in [-0.4, -0.2) is 25.5 Å². The van der Waals surface area contributed by atoms with Crippen LogP contribution in [-0.2, 0) is 6.42 Å². The fraction of sp³-hybridized carbons (Fsp3) is 0.160. The van der Waals surface area contributed by atoms with Crippen LogP contribution < -0.4 is 15.9 Å². The number of nitrogens with two attached hydrogens (primary N) is 1. The summed E-state index contributed by atoms with van der Waals surface area (Å²) >= 11 is 6.09. The highest BCUT2D eigenvalue weighted by molar-refractivity contribution is 6.34. The van der Waals surface area contributed by atoms with E-state index in [9.17, 15) is 14.0 Å². The highest BCUT2D eigenvalue weighted by Gasteiger charge is 2.20. The van der Waals surface area contributed by atoms with Gasteiger partial charge in [0.2, 0.25) is 5.43 Å². The number of hydrogen-bond donors (Lipinski definition) is 1. The first-order valence-corrected chi connectivity index (χ1v) is 11.1. The minimum Gasteiger partial charge on any atom is -0.454 e. The first-order valence-electron chi connectivity index (χ1n) is 10.7. The molecular formula is C25H21ClFN5O3. The van der Waals surface area contributed by atoms with E-state index in [0.29, 0.717) is 22.8 Å². The van der Waals surface area contributed by atoms with Gasteiger partial charge < -0.3 is 10.5 Å². The molecule has 0 atom stereocenters. The molecule has 8 nitrogen and oxygen atoms in total. The van der Waals surface area contributed by atoms with Crippen molar-refractivity contribution in [2.45, 2.75) is 26.3 Å². The van der Waals surface area contributed by atoms with Crippen LogP contribution in [0.4, 0.5) is 10.2 Å². The van der Waals surface area contributed by atoms with Crippen LogP contribution in [0.2, 0.25) is 5.02 Å². The predicted molar refractivity (Wildman–Crippen MR) is 130 cm³/mol. The number of nitrogen functional groups attached to an aromatic ring is 1. The Morgan fingerprint density at radius 3 is 2.54 bits per heavy atom. The molecule has 10 heteroatoms. The number of Topliss-reactive ketones (excluding diaryl/α,β-unsaturated/α-hetero) is 1. The molecule has 0 aliphatic rings. The Labute approximate surface area is 205 Å². The number of pyridine rings is 2. The van der Waals surface area contributed by atoms with Crippen molar-refractivity contribution < 1.29 is 13.9 Å². The molecule has 0 unspecified atom stereocenters. The molecule has 0 fully saturated rings. The van der Waals surface area contributed by atoms with Crippen LogP contribution >= 0.6 is 11.6 Å². The summed E-state index contributed by atoms with van der Waals surface area (Å²) in [5.74, 6) is -0.0640. The van der Waals surface area contributed by atoms with Gasteiger partial charge in [0.1, 0.15) is 22.4 Å². The van der Waals surface area contributed by atoms with Crippen LogP contribution in [0.3, 0.4) is 0 Å². The Kier molecular flexibility index (Phi) is 6.88. The maximum Gasteiger partial charge on any atom is 0.219 e. The number of rotatable bonds is 7. The SMILES string of the molecule is CC(C)n1cc(-c2ccc(F)cc2)c(=O)c(C(=O)Cc2ccc(Oc3ccnc(N)c3Cl)cn2)n1. The van der Waals surface area contributed by atoms with Gasteiger partial charge >= 0.3 is 0 Å². The van der Waals surface area contributed by atoms with Crippen molar-refractivity contribution in [1.82, 2.24) is 19.7 Å². The summed E-state index contributed by atoms with van der Waals surface area (Å²) in [6.45, 7) is 3.76. The van der Waals surface area contributed by atoms with E-state index in [1.807, 2.05) is 13.8 Å². The zero-order chi connectivity index (χ0) is 25.1. The van der Waals surface area contributed by atoms with Crippen molar-refractivity contribution >= 4 is 23.2 Å². The van der Waals surface area contributed by atoms with Crippen LogP contribution in [0.1, 0.15) is 36.1 Å². The minimum absolute atomic E-state index is 0.107. The van der Waals surface area contributed by atoms with Gasteiger partial charge in [-0.2, -0.15) is 5.10 Å². The molecule has 0 aliphatic heterocycles. The van der Waals surface area contributed by atoms with Gasteiger partial charge in [-0.3, -0.25) is 19.3 Å². The van der Waals surface area contributed by atoms with E-state index in [4.69, 9.17) is 22.1 Å². The summed E-state index contributed by atoms with van der Waals surface area (Å²) in [7, 11) is 0. The third-order valence-corrected chi connectivity index (χ3v) is 5.51. The number of ketones is 1. The van der Waals surface area contributed by atoms with E-state index in [2.05, 4.69) is 15.1 Å². The Morgan fingerprint density at radius 2 is 1.89 bits per heavy atom. The molecule has 0 aliphatic carbocycles. The van der Waals surface area contributed by atoms with E-state index in [-0.39, 0.29) is 34.6 Å². The molecule has 35 heavy (non-hydrogen) atoms. The van der Waals surface area contributed by atoms with E-state index in [0.717, 1.165) is 0 Å². The molecule has 0 amide bonds. The quantitative estimate of drug-likeness (QED) is 0.365. The van der Waals surface area contributed by atoms with Gasteiger partial charge in [-0.15, -0.1) is 0 Å². The number of halogens is 2. The zero-order valence-corrected chi connectivity index (χ0v) is 19.7. The molecule has 0 spiro atoms. The molecule has 3 aromatic heterocycles. The molecule has 4 rings (SSSR count). The topological polar surface area (TPSA) is 113 Å². The Balaban J connectivity index is 1.59. The zero-order valence-electron chi connectivity index (χ0n) is 18.9. The third-order valence-electron chi connectivity index (χ3n) is 5.13. The summed E-state index contributed by atoms with van der Waals surface area (Å²) in [5.41, 5.74) is 6.13. The van der Waals surface area contributed by atoms with Gasteiger partial charge in [-0.1, -0.05) is 23.7 Å². The molecule has 3 heterocycles. The number of hydrogen-bond acceptors (Lipinski definition) is 7. The fourth-order valence-electron chi connectivity index (χ4n) is 3.26. The van der Waals surface area contributed by atoms with Gasteiger partial charge in [0, 0.05) is 35.8 Å². The van der Waals surface area contributed by atoms with Crippen LogP contribution in [0.25, 0.3) is 11.1 Å². The average Bonchev–Trinajstić information content (AvgIpc) is 2.84. The molecular weight excluding hydrogens is 473 g/mol. The van der Waals surface area contributed by atoms with E-state index < -0.39 is 17.0 Å². The molecule has 0 saturated heterocycles. The molecule has 0 saturated carbocycles. The molecule has 1 aromatic carbocycles. The number of carbonyl (C=O) groups excluding carboxylic acids is 1. The fourth-order valence-corrected chi connectivity index (χ4v) is 3.41. The first kappa shape index (κ1) is 24.0. The van der Waals surface area contributed by atoms with Gasteiger partial charge in [-0.05, 0) is 43.7 Å². The van der Waals surface area contributed by atoms with Crippen molar-refractivity contribution in [3.63, 3.8) is 0 Å². The van der Waals surface area contributed by atoms with E-state index in [1.165, 1.54) is 36.7 Å². The lowest BCUT2D eigenvalue weighted by Gasteiger charge is -2.13. The largest absolute Gasteiger partial charge is 0.454 e. The Morgan fingerprint density at radius 1 is 1.14 bits per heavy atom. The van der Waals surface area contributed by atoms with Crippen LogP contribution in [0, 0.1) is 5.82 Å². The van der Waals surface area contributed by atoms with Crippen molar-refractivity contribution in [2.75, 3.05) is 5.73 Å². The lowest BCUT2D eigenvalue weighted by molar-refractivity contribution is 0.0983. The predicted octanol–water partition coefficient (Wildman–Crippen LogP) is 4.87. The van der Waals surface area contributed by atoms with Gasteiger partial charge in [0.05, 0.1) is 12.6 Å². The lowest BCUT2D eigenvalue weighted by Crippen LogP contribution is -2.25. The third kappa shape index (κ3) is 5.36. The van der Waals surface area contributed by atoms with Gasteiger partial charge in [-0.25, -0.2) is 9.37 Å². The van der Waals surface area contributed by atoms with Crippen LogP contribution in [0.15, 0.2) is 65.8 Å². The number of ether oxygens (including phenoxy) is 1. The number of aromatic nitrogens is 4. The van der Waals surface area contributed by atoms with Gasteiger partial charge in [0.25, 0.3) is 0 Å². The summed E-state index contributed by atoms with van der Waals surface area (Å²) in [4.78, 5) is 34.3. The highest BCUT2D eigenvalue weighted by Crippen LogP contribution is 2.31. The summed E-state index contributed by atoms with van der Waals surface area (Å²) in [5, 5.41) is 4.44. The summed E-state index contributed by atoms with van der Waals surface area (Å²) in [6.07, 6.45) is 4.33. The summed E-state index contributed by atoms with van der Waals surface area (Å²) in [6, 6.07) is 10.2. The molecule has 178 valence electrons. The monoisotopic (exact) mass is 493 g/mol. The van der Waals surface area contributed by atoms with Crippen molar-refractivity contribution in [2.24, 2.45) is 0 Å².